The second kappa shape index (κ2) is 5.77. The average Bonchev–Trinajstić information content (AvgIpc) is 2.37. The minimum absolute atomic E-state index is 0.0979. The quantitative estimate of drug-likeness (QED) is 0.420. The molecule has 2 aromatic carbocycles. The van der Waals surface area contributed by atoms with Crippen LogP contribution in [-0.4, -0.2) is 5.11 Å². The van der Waals surface area contributed by atoms with E-state index in [-0.39, 0.29) is 35.9 Å². The van der Waals surface area contributed by atoms with E-state index in [4.69, 9.17) is 69.6 Å². The summed E-state index contributed by atoms with van der Waals surface area (Å²) in [5, 5.41) is 10.5. The number of hydrogen-bond donors (Lipinski definition) is 1. The molecule has 0 aliphatic heterocycles. The molecule has 19 heavy (non-hydrogen) atoms. The van der Waals surface area contributed by atoms with Gasteiger partial charge in [-0.1, -0.05) is 69.6 Å². The van der Waals surface area contributed by atoms with E-state index in [1.807, 2.05) is 0 Å². The highest BCUT2D eigenvalue weighted by Gasteiger charge is 2.16. The summed E-state index contributed by atoms with van der Waals surface area (Å²) in [6.45, 7) is 0. The van der Waals surface area contributed by atoms with Crippen molar-refractivity contribution < 1.29 is 5.11 Å². The predicted molar refractivity (Wildman–Crippen MR) is 83.6 cm³/mol. The molecule has 0 heterocycles. The molecule has 0 aromatic heterocycles. The van der Waals surface area contributed by atoms with Crippen molar-refractivity contribution in [1.82, 2.24) is 0 Å². The van der Waals surface area contributed by atoms with Crippen LogP contribution in [0, 0.1) is 0 Å². The lowest BCUT2D eigenvalue weighted by molar-refractivity contribution is 0.476. The van der Waals surface area contributed by atoms with Gasteiger partial charge in [-0.25, -0.2) is 0 Å². The van der Waals surface area contributed by atoms with Crippen LogP contribution < -0.4 is 0 Å². The summed E-state index contributed by atoms with van der Waals surface area (Å²) in [5.74, 6) is -0.200. The highest BCUT2D eigenvalue weighted by Crippen LogP contribution is 2.44. The fourth-order valence-electron chi connectivity index (χ4n) is 1.50. The Morgan fingerprint density at radius 3 is 1.68 bits per heavy atom. The number of phenols is 1. The molecule has 1 nitrogen and oxygen atoms in total. The summed E-state index contributed by atoms with van der Waals surface area (Å²) in [6, 6.07) is 4.56. The zero-order chi connectivity index (χ0) is 14.3. The highest BCUT2D eigenvalue weighted by molar-refractivity contribution is 6.52. The fourth-order valence-corrected chi connectivity index (χ4v) is 2.90. The molecule has 7 heteroatoms. The first-order chi connectivity index (χ1) is 8.82. The third kappa shape index (κ3) is 2.87. The van der Waals surface area contributed by atoms with Gasteiger partial charge in [-0.2, -0.15) is 0 Å². The molecule has 2 rings (SSSR count). The Kier molecular flexibility index (Phi) is 4.67. The zero-order valence-corrected chi connectivity index (χ0v) is 13.5. The second-order valence-corrected chi connectivity index (χ2v) is 5.99. The Hall–Kier alpha value is -0.0200. The van der Waals surface area contributed by atoms with Crippen molar-refractivity contribution in [2.24, 2.45) is 0 Å². The lowest BCUT2D eigenvalue weighted by Crippen LogP contribution is -1.85. The first-order valence-corrected chi connectivity index (χ1v) is 7.11. The van der Waals surface area contributed by atoms with Crippen LogP contribution in [0.4, 0.5) is 0 Å². The van der Waals surface area contributed by atoms with Gasteiger partial charge < -0.3 is 5.11 Å². The molecular formula is C12H4Cl6O. The third-order valence-corrected chi connectivity index (χ3v) is 4.76. The lowest BCUT2D eigenvalue weighted by Gasteiger charge is -2.11. The molecule has 0 spiro atoms. The Balaban J connectivity index is 2.73. The first-order valence-electron chi connectivity index (χ1n) is 4.84. The molecule has 0 unspecified atom stereocenters. The van der Waals surface area contributed by atoms with Gasteiger partial charge in [0.05, 0.1) is 30.1 Å². The summed E-state index contributed by atoms with van der Waals surface area (Å²) in [5.41, 5.74) is 1.09. The van der Waals surface area contributed by atoms with Gasteiger partial charge in [-0.3, -0.25) is 0 Å². The Labute approximate surface area is 139 Å². The number of hydrogen-bond acceptors (Lipinski definition) is 1. The average molecular weight is 377 g/mol. The number of rotatable bonds is 1. The van der Waals surface area contributed by atoms with E-state index in [0.717, 1.165) is 0 Å². The molecule has 0 fully saturated rings. The van der Waals surface area contributed by atoms with Crippen LogP contribution in [-0.2, 0) is 0 Å². The molecule has 0 radical (unpaired) electrons. The largest absolute Gasteiger partial charge is 0.505 e. The number of benzene rings is 2. The Morgan fingerprint density at radius 2 is 1.16 bits per heavy atom. The Bertz CT molecular complexity index is 645. The van der Waals surface area contributed by atoms with Crippen LogP contribution in [0.1, 0.15) is 0 Å². The highest BCUT2D eigenvalue weighted by atomic mass is 35.5. The summed E-state index contributed by atoms with van der Waals surface area (Å²) < 4.78 is 0. The molecular weight excluding hydrogens is 373 g/mol. The molecule has 100 valence electrons. The van der Waals surface area contributed by atoms with E-state index in [1.54, 1.807) is 6.07 Å². The number of halogens is 6. The zero-order valence-electron chi connectivity index (χ0n) is 8.95. The van der Waals surface area contributed by atoms with E-state index in [9.17, 15) is 5.11 Å². The van der Waals surface area contributed by atoms with Gasteiger partial charge in [0.25, 0.3) is 0 Å². The van der Waals surface area contributed by atoms with Crippen molar-refractivity contribution in [2.45, 2.75) is 0 Å². The summed E-state index contributed by atoms with van der Waals surface area (Å²) in [4.78, 5) is 0. The lowest BCUT2D eigenvalue weighted by atomic mass is 10.1. The summed E-state index contributed by atoms with van der Waals surface area (Å²) in [7, 11) is 0. The molecule has 1 N–H and O–H groups in total. The molecule has 0 aliphatic carbocycles. The number of aromatic hydroxyl groups is 1. The van der Waals surface area contributed by atoms with Crippen LogP contribution in [0.2, 0.25) is 30.1 Å². The van der Waals surface area contributed by atoms with Crippen LogP contribution in [0.15, 0.2) is 18.2 Å². The first kappa shape index (κ1) is 15.4. The smallest absolute Gasteiger partial charge is 0.152 e. The minimum Gasteiger partial charge on any atom is -0.505 e. The topological polar surface area (TPSA) is 20.2 Å². The van der Waals surface area contributed by atoms with Crippen LogP contribution >= 0.6 is 69.6 Å². The van der Waals surface area contributed by atoms with Crippen LogP contribution in [0.25, 0.3) is 11.1 Å². The molecule has 0 saturated heterocycles. The number of phenolic OH excluding ortho intramolecular Hbond substituents is 1. The maximum Gasteiger partial charge on any atom is 0.152 e. The van der Waals surface area contributed by atoms with Gasteiger partial charge in [-0.05, 0) is 23.8 Å². The fraction of sp³-hybridized carbons (Fsp3) is 0. The molecule has 0 amide bonds. The van der Waals surface area contributed by atoms with Gasteiger partial charge in [0.1, 0.15) is 0 Å². The summed E-state index contributed by atoms with van der Waals surface area (Å²) in [6.07, 6.45) is 0. The van der Waals surface area contributed by atoms with Gasteiger partial charge in [0.15, 0.2) is 5.75 Å². The van der Waals surface area contributed by atoms with E-state index < -0.39 is 0 Å². The van der Waals surface area contributed by atoms with Crippen molar-refractivity contribution in [3.05, 3.63) is 48.3 Å². The van der Waals surface area contributed by atoms with E-state index >= 15 is 0 Å². The van der Waals surface area contributed by atoms with Crippen LogP contribution in [0.5, 0.6) is 5.75 Å². The van der Waals surface area contributed by atoms with Gasteiger partial charge in [0.2, 0.25) is 0 Å². The van der Waals surface area contributed by atoms with Gasteiger partial charge in [-0.15, -0.1) is 0 Å². The molecule has 0 aliphatic rings. The van der Waals surface area contributed by atoms with E-state index in [1.165, 1.54) is 12.1 Å². The van der Waals surface area contributed by atoms with Gasteiger partial charge in [0, 0.05) is 5.56 Å². The second-order valence-electron chi connectivity index (χ2n) is 3.64. The van der Waals surface area contributed by atoms with Crippen molar-refractivity contribution in [3.8, 4) is 16.9 Å². The SMILES string of the molecule is Oc1c(Cl)cc(-c2cc(Cl)c(Cl)c(Cl)c2Cl)cc1Cl. The van der Waals surface area contributed by atoms with Gasteiger partial charge >= 0.3 is 0 Å². The molecule has 0 atom stereocenters. The third-order valence-electron chi connectivity index (χ3n) is 2.43. The van der Waals surface area contributed by atoms with Crippen LogP contribution in [0.3, 0.4) is 0 Å². The van der Waals surface area contributed by atoms with Crippen molar-refractivity contribution in [3.63, 3.8) is 0 Å². The minimum atomic E-state index is -0.200. The monoisotopic (exact) mass is 374 g/mol. The van der Waals surface area contributed by atoms with E-state index in [0.29, 0.717) is 11.1 Å². The van der Waals surface area contributed by atoms with E-state index in [2.05, 4.69) is 0 Å². The molecule has 2 aromatic rings. The molecule has 0 saturated carbocycles. The maximum absolute atomic E-state index is 9.53. The van der Waals surface area contributed by atoms with Crippen molar-refractivity contribution >= 4 is 69.6 Å². The molecule has 0 bridgehead atoms. The predicted octanol–water partition coefficient (Wildman–Crippen LogP) is 6.98. The van der Waals surface area contributed by atoms with Crippen molar-refractivity contribution in [2.75, 3.05) is 0 Å². The normalized spacial score (nSPS) is 10.8. The maximum atomic E-state index is 9.53. The van der Waals surface area contributed by atoms with Crippen molar-refractivity contribution in [1.29, 1.82) is 0 Å². The Morgan fingerprint density at radius 1 is 0.632 bits per heavy atom. The summed E-state index contributed by atoms with van der Waals surface area (Å²) >= 11 is 35.7. The standard InChI is InChI=1S/C12H4Cl6O/c13-6-3-5(9(16)11(18)10(6)17)4-1-7(14)12(19)8(15)2-4/h1-3,19H.